The van der Waals surface area contributed by atoms with E-state index in [1.54, 1.807) is 11.3 Å². The van der Waals surface area contributed by atoms with Gasteiger partial charge in [0.25, 0.3) is 0 Å². The highest BCUT2D eigenvalue weighted by Crippen LogP contribution is 2.21. The standard InChI is InChI=1S/C11H13N3O2S/c1-2-9(17-5-1)11-13-10(16-14-11)6-8-7-12-3-4-15-8/h1-2,5,8,12H,3-4,6-7H2. The van der Waals surface area contributed by atoms with Crippen LogP contribution in [0.4, 0.5) is 0 Å². The minimum Gasteiger partial charge on any atom is -0.375 e. The third-order valence-electron chi connectivity index (χ3n) is 2.62. The van der Waals surface area contributed by atoms with Crippen molar-refractivity contribution in [3.05, 3.63) is 23.4 Å². The van der Waals surface area contributed by atoms with Crippen LogP contribution < -0.4 is 5.32 Å². The molecule has 2 aromatic heterocycles. The number of thiophene rings is 1. The van der Waals surface area contributed by atoms with Crippen molar-refractivity contribution < 1.29 is 9.26 Å². The van der Waals surface area contributed by atoms with Crippen LogP contribution in [-0.2, 0) is 11.2 Å². The van der Waals surface area contributed by atoms with Gasteiger partial charge in [0, 0.05) is 13.1 Å². The highest BCUT2D eigenvalue weighted by atomic mass is 32.1. The molecule has 0 saturated carbocycles. The van der Waals surface area contributed by atoms with E-state index in [-0.39, 0.29) is 6.10 Å². The van der Waals surface area contributed by atoms with Crippen LogP contribution in [0.3, 0.4) is 0 Å². The molecule has 0 aromatic carbocycles. The van der Waals surface area contributed by atoms with Gasteiger partial charge < -0.3 is 14.6 Å². The van der Waals surface area contributed by atoms with Gasteiger partial charge in [0.15, 0.2) is 0 Å². The van der Waals surface area contributed by atoms with Crippen LogP contribution in [0.2, 0.25) is 0 Å². The highest BCUT2D eigenvalue weighted by molar-refractivity contribution is 7.13. The Bertz CT molecular complexity index is 463. The summed E-state index contributed by atoms with van der Waals surface area (Å²) in [6.45, 7) is 2.51. The average Bonchev–Trinajstić information content (AvgIpc) is 3.00. The third kappa shape index (κ3) is 2.54. The van der Waals surface area contributed by atoms with E-state index in [2.05, 4.69) is 15.5 Å². The second kappa shape index (κ2) is 4.95. The van der Waals surface area contributed by atoms with E-state index in [9.17, 15) is 0 Å². The molecule has 3 heterocycles. The first-order chi connectivity index (χ1) is 8.42. The number of rotatable bonds is 3. The normalized spacial score (nSPS) is 20.6. The van der Waals surface area contributed by atoms with Gasteiger partial charge in [0.1, 0.15) is 0 Å². The van der Waals surface area contributed by atoms with E-state index in [1.807, 2.05) is 17.5 Å². The topological polar surface area (TPSA) is 60.2 Å². The summed E-state index contributed by atoms with van der Waals surface area (Å²) >= 11 is 1.61. The molecule has 6 heteroatoms. The SMILES string of the molecule is c1csc(-c2noc(CC3CNCCO3)n2)c1. The van der Waals surface area contributed by atoms with E-state index < -0.39 is 0 Å². The van der Waals surface area contributed by atoms with Crippen molar-refractivity contribution in [3.8, 4) is 10.7 Å². The zero-order valence-corrected chi connectivity index (χ0v) is 10.1. The summed E-state index contributed by atoms with van der Waals surface area (Å²) in [6.07, 6.45) is 0.811. The van der Waals surface area contributed by atoms with Gasteiger partial charge in [-0.3, -0.25) is 0 Å². The van der Waals surface area contributed by atoms with E-state index >= 15 is 0 Å². The first-order valence-electron chi connectivity index (χ1n) is 5.60. The summed E-state index contributed by atoms with van der Waals surface area (Å²) < 4.78 is 10.8. The van der Waals surface area contributed by atoms with E-state index in [4.69, 9.17) is 9.26 Å². The molecule has 1 atom stereocenters. The number of nitrogens with zero attached hydrogens (tertiary/aromatic N) is 2. The average molecular weight is 251 g/mol. The summed E-state index contributed by atoms with van der Waals surface area (Å²) in [7, 11) is 0. The fourth-order valence-corrected chi connectivity index (χ4v) is 2.44. The second-order valence-corrected chi connectivity index (χ2v) is 4.84. The molecular formula is C11H13N3O2S. The summed E-state index contributed by atoms with van der Waals surface area (Å²) in [5, 5.41) is 9.25. The third-order valence-corrected chi connectivity index (χ3v) is 3.48. The Morgan fingerprint density at radius 3 is 3.29 bits per heavy atom. The molecule has 17 heavy (non-hydrogen) atoms. The lowest BCUT2D eigenvalue weighted by Crippen LogP contribution is -2.39. The molecule has 3 rings (SSSR count). The highest BCUT2D eigenvalue weighted by Gasteiger charge is 2.18. The number of hydrogen-bond acceptors (Lipinski definition) is 6. The number of morpholine rings is 1. The van der Waals surface area contributed by atoms with E-state index in [1.165, 1.54) is 0 Å². The Kier molecular flexibility index (Phi) is 3.17. The maximum absolute atomic E-state index is 5.59. The van der Waals surface area contributed by atoms with E-state index in [0.29, 0.717) is 18.1 Å². The fourth-order valence-electron chi connectivity index (χ4n) is 1.79. The molecule has 1 fully saturated rings. The Morgan fingerprint density at radius 1 is 1.53 bits per heavy atom. The molecule has 90 valence electrons. The number of nitrogens with one attached hydrogen (secondary N) is 1. The predicted octanol–water partition coefficient (Wildman–Crippen LogP) is 1.33. The van der Waals surface area contributed by atoms with Gasteiger partial charge in [-0.15, -0.1) is 11.3 Å². The molecule has 0 amide bonds. The summed E-state index contributed by atoms with van der Waals surface area (Å²) in [6, 6.07) is 3.96. The summed E-state index contributed by atoms with van der Waals surface area (Å²) in [5.41, 5.74) is 0. The van der Waals surface area contributed by atoms with Crippen molar-refractivity contribution in [3.63, 3.8) is 0 Å². The van der Waals surface area contributed by atoms with Gasteiger partial charge in [-0.1, -0.05) is 11.2 Å². The minimum absolute atomic E-state index is 0.139. The van der Waals surface area contributed by atoms with Crippen molar-refractivity contribution in [1.82, 2.24) is 15.5 Å². The molecule has 1 aliphatic heterocycles. The van der Waals surface area contributed by atoms with Crippen LogP contribution in [-0.4, -0.2) is 35.9 Å². The smallest absolute Gasteiger partial charge is 0.229 e. The molecule has 2 aromatic rings. The minimum atomic E-state index is 0.139. The lowest BCUT2D eigenvalue weighted by atomic mass is 10.2. The van der Waals surface area contributed by atoms with Crippen LogP contribution >= 0.6 is 11.3 Å². The van der Waals surface area contributed by atoms with Crippen LogP contribution in [0, 0.1) is 0 Å². The Morgan fingerprint density at radius 2 is 2.53 bits per heavy atom. The van der Waals surface area contributed by atoms with Crippen LogP contribution in [0.5, 0.6) is 0 Å². The predicted molar refractivity (Wildman–Crippen MR) is 63.9 cm³/mol. The first kappa shape index (κ1) is 10.9. The van der Waals surface area contributed by atoms with Crippen molar-refractivity contribution in [2.75, 3.05) is 19.7 Å². The molecule has 1 N–H and O–H groups in total. The van der Waals surface area contributed by atoms with Gasteiger partial charge in [-0.05, 0) is 11.4 Å². The fraction of sp³-hybridized carbons (Fsp3) is 0.455. The Balaban J connectivity index is 1.68. The molecule has 0 aliphatic carbocycles. The zero-order valence-electron chi connectivity index (χ0n) is 9.26. The lowest BCUT2D eigenvalue weighted by molar-refractivity contribution is 0.0246. The van der Waals surface area contributed by atoms with Gasteiger partial charge in [0.2, 0.25) is 11.7 Å². The summed E-state index contributed by atoms with van der Waals surface area (Å²) in [5.74, 6) is 1.31. The molecule has 0 radical (unpaired) electrons. The second-order valence-electron chi connectivity index (χ2n) is 3.89. The van der Waals surface area contributed by atoms with Gasteiger partial charge in [0.05, 0.1) is 24.0 Å². The van der Waals surface area contributed by atoms with Crippen molar-refractivity contribution in [2.45, 2.75) is 12.5 Å². The van der Waals surface area contributed by atoms with Gasteiger partial charge >= 0.3 is 0 Å². The molecule has 1 saturated heterocycles. The van der Waals surface area contributed by atoms with Crippen LogP contribution in [0.25, 0.3) is 10.7 Å². The van der Waals surface area contributed by atoms with Gasteiger partial charge in [-0.25, -0.2) is 0 Å². The molecule has 5 nitrogen and oxygen atoms in total. The number of ether oxygens (including phenoxy) is 1. The molecular weight excluding hydrogens is 238 g/mol. The van der Waals surface area contributed by atoms with Crippen molar-refractivity contribution >= 4 is 11.3 Å². The monoisotopic (exact) mass is 251 g/mol. The van der Waals surface area contributed by atoms with Crippen molar-refractivity contribution in [1.29, 1.82) is 0 Å². The Hall–Kier alpha value is -1.24. The Labute approximate surface area is 103 Å². The molecule has 1 unspecified atom stereocenters. The van der Waals surface area contributed by atoms with Crippen LogP contribution in [0.1, 0.15) is 5.89 Å². The first-order valence-corrected chi connectivity index (χ1v) is 6.48. The molecule has 0 bridgehead atoms. The molecule has 1 aliphatic rings. The maximum Gasteiger partial charge on any atom is 0.229 e. The number of aromatic nitrogens is 2. The van der Waals surface area contributed by atoms with Crippen LogP contribution in [0.15, 0.2) is 22.0 Å². The van der Waals surface area contributed by atoms with Crippen molar-refractivity contribution in [2.24, 2.45) is 0 Å². The lowest BCUT2D eigenvalue weighted by Gasteiger charge is -2.21. The maximum atomic E-state index is 5.59. The largest absolute Gasteiger partial charge is 0.375 e. The zero-order chi connectivity index (χ0) is 11.5. The van der Waals surface area contributed by atoms with E-state index in [0.717, 1.165) is 24.6 Å². The quantitative estimate of drug-likeness (QED) is 0.891. The summed E-state index contributed by atoms with van der Waals surface area (Å²) in [4.78, 5) is 5.40. The molecule has 0 spiro atoms. The van der Waals surface area contributed by atoms with Gasteiger partial charge in [-0.2, -0.15) is 4.98 Å². The number of hydrogen-bond donors (Lipinski definition) is 1.